The number of piperidine rings is 1. The Balaban J connectivity index is 1.75. The van der Waals surface area contributed by atoms with Crippen molar-refractivity contribution < 1.29 is 22.7 Å². The molecule has 0 saturated carbocycles. The first-order valence-corrected chi connectivity index (χ1v) is 10.4. The van der Waals surface area contributed by atoms with E-state index >= 15 is 0 Å². The fraction of sp³-hybridized carbons (Fsp3) is 0.611. The van der Waals surface area contributed by atoms with Crippen molar-refractivity contribution in [2.45, 2.75) is 50.1 Å². The lowest BCUT2D eigenvalue weighted by Gasteiger charge is -2.39. The first-order valence-electron chi connectivity index (χ1n) is 8.98. The number of amides is 1. The van der Waals surface area contributed by atoms with Crippen molar-refractivity contribution in [1.29, 1.82) is 0 Å². The number of hydrogen-bond donors (Lipinski definition) is 0. The van der Waals surface area contributed by atoms with Gasteiger partial charge in [-0.15, -0.1) is 0 Å². The van der Waals surface area contributed by atoms with E-state index in [-0.39, 0.29) is 29.4 Å². The van der Waals surface area contributed by atoms with Crippen LogP contribution in [0.1, 0.15) is 33.1 Å². The van der Waals surface area contributed by atoms with E-state index in [1.54, 1.807) is 6.07 Å². The Morgan fingerprint density at radius 3 is 2.42 bits per heavy atom. The van der Waals surface area contributed by atoms with Crippen LogP contribution in [0, 0.1) is 0 Å². The third-order valence-electron chi connectivity index (χ3n) is 5.06. The van der Waals surface area contributed by atoms with E-state index in [1.807, 2.05) is 18.7 Å². The molecule has 1 fully saturated rings. The first kappa shape index (κ1) is 19.0. The number of ether oxygens (including phenoxy) is 2. The third kappa shape index (κ3) is 3.66. The summed E-state index contributed by atoms with van der Waals surface area (Å²) in [4.78, 5) is 14.6. The standard InChI is InChI=1S/C18H26N2O5S/c1-13-5-4-6-14(2)20(13)18(21)12-19(3)26(22,23)15-7-8-16-17(11-15)25-10-9-24-16/h7-8,11,13-14H,4-6,9-10,12H2,1-3H3/t13-,14+. The van der Waals surface area contributed by atoms with Crippen LogP contribution >= 0.6 is 0 Å². The second kappa shape index (κ2) is 7.44. The molecule has 3 rings (SSSR count). The van der Waals surface area contributed by atoms with Crippen molar-refractivity contribution in [2.24, 2.45) is 0 Å². The highest BCUT2D eigenvalue weighted by Crippen LogP contribution is 2.33. The summed E-state index contributed by atoms with van der Waals surface area (Å²) in [6, 6.07) is 4.80. The van der Waals surface area contributed by atoms with Crippen LogP contribution in [0.25, 0.3) is 0 Å². The smallest absolute Gasteiger partial charge is 0.243 e. The maximum atomic E-state index is 12.9. The molecule has 0 radical (unpaired) electrons. The number of carbonyl (C=O) groups is 1. The van der Waals surface area contributed by atoms with E-state index in [2.05, 4.69) is 0 Å². The molecule has 0 aromatic heterocycles. The Kier molecular flexibility index (Phi) is 5.43. The highest BCUT2D eigenvalue weighted by Gasteiger charge is 2.32. The van der Waals surface area contributed by atoms with Crippen molar-refractivity contribution >= 4 is 15.9 Å². The van der Waals surface area contributed by atoms with Gasteiger partial charge in [0.1, 0.15) is 13.2 Å². The molecule has 8 heteroatoms. The second-order valence-electron chi connectivity index (χ2n) is 7.00. The molecule has 0 N–H and O–H groups in total. The predicted molar refractivity (Wildman–Crippen MR) is 96.9 cm³/mol. The number of likely N-dealkylation sites (tertiary alicyclic amines) is 1. The summed E-state index contributed by atoms with van der Waals surface area (Å²) < 4.78 is 37.7. The topological polar surface area (TPSA) is 76.2 Å². The fourth-order valence-electron chi connectivity index (χ4n) is 3.63. The third-order valence-corrected chi connectivity index (χ3v) is 6.86. The lowest BCUT2D eigenvalue weighted by Crippen LogP contribution is -2.51. The van der Waals surface area contributed by atoms with Gasteiger partial charge in [-0.3, -0.25) is 4.79 Å². The molecule has 26 heavy (non-hydrogen) atoms. The maximum Gasteiger partial charge on any atom is 0.243 e. The Hall–Kier alpha value is -1.80. The fourth-order valence-corrected chi connectivity index (χ4v) is 4.77. The molecule has 2 atom stereocenters. The Labute approximate surface area is 154 Å². The molecule has 2 heterocycles. The van der Waals surface area contributed by atoms with E-state index in [0.29, 0.717) is 24.7 Å². The Bertz CT molecular complexity index is 770. The number of hydrogen-bond acceptors (Lipinski definition) is 5. The zero-order valence-corrected chi connectivity index (χ0v) is 16.3. The summed E-state index contributed by atoms with van der Waals surface area (Å²) in [5.41, 5.74) is 0. The van der Waals surface area contributed by atoms with Gasteiger partial charge in [-0.1, -0.05) is 0 Å². The number of sulfonamides is 1. The van der Waals surface area contributed by atoms with Crippen LogP contribution in [0.5, 0.6) is 11.5 Å². The van der Waals surface area contributed by atoms with Crippen LogP contribution in [-0.4, -0.2) is 62.4 Å². The van der Waals surface area contributed by atoms with E-state index in [4.69, 9.17) is 9.47 Å². The van der Waals surface area contributed by atoms with Crippen LogP contribution in [0.3, 0.4) is 0 Å². The van der Waals surface area contributed by atoms with E-state index in [0.717, 1.165) is 23.6 Å². The monoisotopic (exact) mass is 382 g/mol. The molecule has 0 spiro atoms. The molecule has 144 valence electrons. The number of likely N-dealkylation sites (N-methyl/N-ethyl adjacent to an activating group) is 1. The summed E-state index contributed by atoms with van der Waals surface area (Å²) in [7, 11) is -2.36. The number of fused-ring (bicyclic) bond motifs is 1. The van der Waals surface area contributed by atoms with Gasteiger partial charge in [0.05, 0.1) is 11.4 Å². The van der Waals surface area contributed by atoms with Gasteiger partial charge in [0.15, 0.2) is 11.5 Å². The van der Waals surface area contributed by atoms with E-state index in [9.17, 15) is 13.2 Å². The summed E-state index contributed by atoms with van der Waals surface area (Å²) in [5.74, 6) is 0.786. The van der Waals surface area contributed by atoms with Crippen LogP contribution < -0.4 is 9.47 Å². The molecule has 2 aliphatic rings. The van der Waals surface area contributed by atoms with Crippen LogP contribution in [-0.2, 0) is 14.8 Å². The SMILES string of the molecule is C[C@@H]1CCC[C@H](C)N1C(=O)CN(C)S(=O)(=O)c1ccc2c(c1)OCCO2. The lowest BCUT2D eigenvalue weighted by molar-refractivity contribution is -0.137. The predicted octanol–water partition coefficient (Wildman–Crippen LogP) is 1.87. The largest absolute Gasteiger partial charge is 0.486 e. The van der Waals surface area contributed by atoms with Crippen molar-refractivity contribution in [3.05, 3.63) is 18.2 Å². The van der Waals surface area contributed by atoms with Gasteiger partial charge in [-0.05, 0) is 45.2 Å². The quantitative estimate of drug-likeness (QED) is 0.795. The van der Waals surface area contributed by atoms with Crippen LogP contribution in [0.15, 0.2) is 23.1 Å². The average Bonchev–Trinajstić information content (AvgIpc) is 2.61. The average molecular weight is 382 g/mol. The second-order valence-corrected chi connectivity index (χ2v) is 9.04. The minimum Gasteiger partial charge on any atom is -0.486 e. The summed E-state index contributed by atoms with van der Waals surface area (Å²) in [6.07, 6.45) is 3.00. The van der Waals surface area contributed by atoms with Gasteiger partial charge in [0.25, 0.3) is 0 Å². The molecule has 1 saturated heterocycles. The molecular formula is C18H26N2O5S. The molecule has 0 aliphatic carbocycles. The van der Waals surface area contributed by atoms with Crippen LogP contribution in [0.4, 0.5) is 0 Å². The van der Waals surface area contributed by atoms with Crippen molar-refractivity contribution in [2.75, 3.05) is 26.8 Å². The molecule has 1 aromatic carbocycles. The summed E-state index contributed by atoms with van der Waals surface area (Å²) in [5, 5.41) is 0. The normalized spacial score (nSPS) is 23.2. The first-order chi connectivity index (χ1) is 12.3. The number of benzene rings is 1. The molecule has 2 aliphatic heterocycles. The van der Waals surface area contributed by atoms with Gasteiger partial charge in [0.2, 0.25) is 15.9 Å². The highest BCUT2D eigenvalue weighted by molar-refractivity contribution is 7.89. The highest BCUT2D eigenvalue weighted by atomic mass is 32.2. The van der Waals surface area contributed by atoms with Crippen molar-refractivity contribution in [1.82, 2.24) is 9.21 Å². The minimum atomic E-state index is -3.79. The number of rotatable bonds is 4. The Morgan fingerprint density at radius 1 is 1.15 bits per heavy atom. The summed E-state index contributed by atoms with van der Waals surface area (Å²) in [6.45, 7) is 4.69. The summed E-state index contributed by atoms with van der Waals surface area (Å²) >= 11 is 0. The number of nitrogens with zero attached hydrogens (tertiary/aromatic N) is 2. The molecule has 0 bridgehead atoms. The number of carbonyl (C=O) groups excluding carboxylic acids is 1. The van der Waals surface area contributed by atoms with E-state index in [1.165, 1.54) is 19.2 Å². The molecule has 7 nitrogen and oxygen atoms in total. The van der Waals surface area contributed by atoms with Crippen molar-refractivity contribution in [3.63, 3.8) is 0 Å². The van der Waals surface area contributed by atoms with Gasteiger partial charge < -0.3 is 14.4 Å². The maximum absolute atomic E-state index is 12.9. The lowest BCUT2D eigenvalue weighted by atomic mass is 9.97. The van der Waals surface area contributed by atoms with Crippen molar-refractivity contribution in [3.8, 4) is 11.5 Å². The van der Waals surface area contributed by atoms with Gasteiger partial charge >= 0.3 is 0 Å². The van der Waals surface area contributed by atoms with Gasteiger partial charge in [-0.2, -0.15) is 4.31 Å². The van der Waals surface area contributed by atoms with E-state index < -0.39 is 10.0 Å². The van der Waals surface area contributed by atoms with Crippen LogP contribution in [0.2, 0.25) is 0 Å². The molecule has 0 unspecified atom stereocenters. The zero-order valence-electron chi connectivity index (χ0n) is 15.5. The minimum absolute atomic E-state index is 0.0943. The molecule has 1 amide bonds. The Morgan fingerprint density at radius 2 is 1.77 bits per heavy atom. The van der Waals surface area contributed by atoms with Gasteiger partial charge in [-0.25, -0.2) is 8.42 Å². The van der Waals surface area contributed by atoms with Gasteiger partial charge in [0, 0.05) is 25.2 Å². The zero-order chi connectivity index (χ0) is 18.9. The molecule has 1 aromatic rings. The molecular weight excluding hydrogens is 356 g/mol.